The Kier molecular flexibility index (Phi) is 2.64. The smallest absolute Gasteiger partial charge is 0.258 e. The highest BCUT2D eigenvalue weighted by molar-refractivity contribution is 9.10. The topological polar surface area (TPSA) is 56.0 Å². The lowest BCUT2D eigenvalue weighted by molar-refractivity contribution is -0.385. The van der Waals surface area contributed by atoms with Gasteiger partial charge in [-0.05, 0) is 22.9 Å². The Bertz CT molecular complexity index is 343. The van der Waals surface area contributed by atoms with Gasteiger partial charge < -0.3 is 0 Å². The van der Waals surface area contributed by atoms with Gasteiger partial charge in [0.05, 0.1) is 16.7 Å². The predicted octanol–water partition coefficient (Wildman–Crippen LogP) is 2.71. The Balaban J connectivity index is 3.37. The number of nitrogens with zero attached hydrogens (tertiary/aromatic N) is 2. The number of hydrogen-bond donors (Lipinski definition) is 0. The van der Waals surface area contributed by atoms with Gasteiger partial charge in [-0.15, -0.1) is 0 Å². The van der Waals surface area contributed by atoms with Crippen molar-refractivity contribution in [2.24, 2.45) is 0 Å². The Morgan fingerprint density at radius 2 is 2.33 bits per heavy atom. The first-order chi connectivity index (χ1) is 5.52. The molecule has 4 nitrogen and oxygen atoms in total. The first-order valence-electron chi connectivity index (χ1n) is 2.99. The van der Waals surface area contributed by atoms with Crippen molar-refractivity contribution in [1.82, 2.24) is 4.98 Å². The molecule has 0 spiro atoms. The van der Waals surface area contributed by atoms with Crippen molar-refractivity contribution < 1.29 is 4.92 Å². The molecule has 1 heterocycles. The van der Waals surface area contributed by atoms with Gasteiger partial charge in [0.15, 0.2) is 0 Å². The van der Waals surface area contributed by atoms with Crippen molar-refractivity contribution in [3.05, 3.63) is 31.5 Å². The van der Waals surface area contributed by atoms with E-state index >= 15 is 0 Å². The van der Waals surface area contributed by atoms with E-state index < -0.39 is 4.92 Å². The quantitative estimate of drug-likeness (QED) is 0.438. The summed E-state index contributed by atoms with van der Waals surface area (Å²) >= 11 is 8.58. The van der Waals surface area contributed by atoms with Gasteiger partial charge in [-0.25, -0.2) is 4.98 Å². The maximum Gasteiger partial charge on any atom is 0.288 e. The minimum Gasteiger partial charge on any atom is -0.258 e. The Labute approximate surface area is 81.8 Å². The van der Waals surface area contributed by atoms with Crippen LogP contribution in [-0.4, -0.2) is 9.91 Å². The van der Waals surface area contributed by atoms with Gasteiger partial charge in [-0.2, -0.15) is 0 Å². The summed E-state index contributed by atoms with van der Waals surface area (Å²) in [4.78, 5) is 13.7. The van der Waals surface area contributed by atoms with Crippen LogP contribution in [0.3, 0.4) is 0 Å². The highest BCUT2D eigenvalue weighted by atomic mass is 79.9. The lowest BCUT2D eigenvalue weighted by atomic mass is 10.3. The number of nitro groups is 1. The molecule has 0 saturated heterocycles. The molecule has 0 bridgehead atoms. The molecule has 0 N–H and O–H groups in total. The van der Waals surface area contributed by atoms with Crippen molar-refractivity contribution >= 4 is 33.2 Å². The van der Waals surface area contributed by atoms with E-state index in [9.17, 15) is 10.1 Å². The average Bonchev–Trinajstić information content (AvgIpc) is 1.96. The average molecular weight is 251 g/mol. The summed E-state index contributed by atoms with van der Waals surface area (Å²) in [6.07, 6.45) is 0. The number of hydrogen-bond acceptors (Lipinski definition) is 3. The fourth-order valence-corrected chi connectivity index (χ4v) is 1.31. The number of pyridine rings is 1. The third kappa shape index (κ3) is 1.73. The van der Waals surface area contributed by atoms with Gasteiger partial charge >= 0.3 is 0 Å². The van der Waals surface area contributed by atoms with E-state index in [0.29, 0.717) is 10.2 Å². The van der Waals surface area contributed by atoms with E-state index in [1.165, 1.54) is 6.07 Å². The fourth-order valence-electron chi connectivity index (χ4n) is 0.736. The summed E-state index contributed by atoms with van der Waals surface area (Å²) in [6, 6.07) is 1.21. The third-order valence-corrected chi connectivity index (χ3v) is 2.44. The summed E-state index contributed by atoms with van der Waals surface area (Å²) in [5, 5.41) is 10.5. The fraction of sp³-hybridized carbons (Fsp3) is 0.167. The SMILES string of the molecule is Cc1nc(Cl)cc([N+](=O)[O-])c1Br. The Morgan fingerprint density at radius 3 is 2.83 bits per heavy atom. The molecule has 12 heavy (non-hydrogen) atoms. The highest BCUT2D eigenvalue weighted by Gasteiger charge is 2.15. The second kappa shape index (κ2) is 3.37. The standard InChI is InChI=1S/C6H4BrClN2O2/c1-3-6(7)4(10(11)12)2-5(8)9-3/h2H,1H3. The van der Waals surface area contributed by atoms with E-state index in [-0.39, 0.29) is 10.8 Å². The summed E-state index contributed by atoms with van der Waals surface area (Å²) in [5.41, 5.74) is 0.446. The van der Waals surface area contributed by atoms with Gasteiger partial charge in [0.1, 0.15) is 9.63 Å². The zero-order chi connectivity index (χ0) is 9.30. The van der Waals surface area contributed by atoms with Crippen molar-refractivity contribution in [2.75, 3.05) is 0 Å². The van der Waals surface area contributed by atoms with Gasteiger partial charge in [0, 0.05) is 0 Å². The second-order valence-corrected chi connectivity index (χ2v) is 3.30. The summed E-state index contributed by atoms with van der Waals surface area (Å²) in [5.74, 6) is 0. The molecule has 0 unspecified atom stereocenters. The van der Waals surface area contributed by atoms with Gasteiger partial charge in [0.25, 0.3) is 5.69 Å². The van der Waals surface area contributed by atoms with Crippen LogP contribution in [0.1, 0.15) is 5.69 Å². The maximum atomic E-state index is 10.4. The van der Waals surface area contributed by atoms with Crippen LogP contribution in [0, 0.1) is 17.0 Å². The molecule has 0 aliphatic heterocycles. The summed E-state index contributed by atoms with van der Waals surface area (Å²) in [6.45, 7) is 1.64. The molecule has 64 valence electrons. The first-order valence-corrected chi connectivity index (χ1v) is 4.16. The van der Waals surface area contributed by atoms with E-state index in [4.69, 9.17) is 11.6 Å². The van der Waals surface area contributed by atoms with Crippen LogP contribution >= 0.6 is 27.5 Å². The molecule has 0 amide bonds. The number of aromatic nitrogens is 1. The molecule has 1 aromatic heterocycles. The van der Waals surface area contributed by atoms with Crippen LogP contribution in [-0.2, 0) is 0 Å². The monoisotopic (exact) mass is 250 g/mol. The molecule has 0 fully saturated rings. The van der Waals surface area contributed by atoms with Gasteiger partial charge in [0.2, 0.25) is 0 Å². The van der Waals surface area contributed by atoms with Gasteiger partial charge in [-0.1, -0.05) is 11.6 Å². The largest absolute Gasteiger partial charge is 0.288 e. The van der Waals surface area contributed by atoms with Crippen molar-refractivity contribution in [2.45, 2.75) is 6.92 Å². The van der Waals surface area contributed by atoms with Crippen molar-refractivity contribution in [1.29, 1.82) is 0 Å². The van der Waals surface area contributed by atoms with Crippen molar-refractivity contribution in [3.63, 3.8) is 0 Å². The van der Waals surface area contributed by atoms with E-state index in [2.05, 4.69) is 20.9 Å². The molecule has 0 radical (unpaired) electrons. The van der Waals surface area contributed by atoms with Crippen LogP contribution in [0.5, 0.6) is 0 Å². The van der Waals surface area contributed by atoms with Crippen LogP contribution in [0.2, 0.25) is 5.15 Å². The summed E-state index contributed by atoms with van der Waals surface area (Å²) in [7, 11) is 0. The molecular formula is C6H4BrClN2O2. The second-order valence-electron chi connectivity index (χ2n) is 2.12. The lowest BCUT2D eigenvalue weighted by Gasteiger charge is -1.98. The van der Waals surface area contributed by atoms with E-state index in [1.807, 2.05) is 0 Å². The maximum absolute atomic E-state index is 10.4. The zero-order valence-electron chi connectivity index (χ0n) is 6.04. The summed E-state index contributed by atoms with van der Waals surface area (Å²) < 4.78 is 0.372. The van der Waals surface area contributed by atoms with E-state index in [1.54, 1.807) is 6.92 Å². The lowest BCUT2D eigenvalue weighted by Crippen LogP contribution is -1.93. The van der Waals surface area contributed by atoms with Crippen LogP contribution in [0.4, 0.5) is 5.69 Å². The number of rotatable bonds is 1. The molecule has 0 aromatic carbocycles. The number of aryl methyl sites for hydroxylation is 1. The normalized spacial score (nSPS) is 9.92. The van der Waals surface area contributed by atoms with Crippen LogP contribution in [0.25, 0.3) is 0 Å². The van der Waals surface area contributed by atoms with Gasteiger partial charge in [-0.3, -0.25) is 10.1 Å². The molecule has 0 atom stereocenters. The number of halogens is 2. The predicted molar refractivity (Wildman–Crippen MR) is 48.3 cm³/mol. The Hall–Kier alpha value is -0.680. The molecule has 0 saturated carbocycles. The van der Waals surface area contributed by atoms with Crippen LogP contribution < -0.4 is 0 Å². The van der Waals surface area contributed by atoms with Crippen molar-refractivity contribution in [3.8, 4) is 0 Å². The van der Waals surface area contributed by atoms with Crippen LogP contribution in [0.15, 0.2) is 10.5 Å². The minimum atomic E-state index is -0.509. The van der Waals surface area contributed by atoms with E-state index in [0.717, 1.165) is 0 Å². The molecular weight excluding hydrogens is 247 g/mol. The Morgan fingerprint density at radius 1 is 1.75 bits per heavy atom. The molecule has 1 aromatic rings. The zero-order valence-corrected chi connectivity index (χ0v) is 8.39. The minimum absolute atomic E-state index is 0.0625. The molecule has 0 aliphatic carbocycles. The first kappa shape index (κ1) is 9.41. The molecule has 1 rings (SSSR count). The molecule has 6 heteroatoms. The molecule has 0 aliphatic rings. The third-order valence-electron chi connectivity index (χ3n) is 1.27. The highest BCUT2D eigenvalue weighted by Crippen LogP contribution is 2.28.